The normalized spacial score (nSPS) is 16.6. The molecule has 2 heterocycles. The second-order valence-corrected chi connectivity index (χ2v) is 6.58. The number of aryl methyl sites for hydroxylation is 1. The number of alkyl halides is 2. The number of nitrogens with two attached hydrogens (primary N) is 1. The van der Waals surface area contributed by atoms with Crippen molar-refractivity contribution in [1.29, 1.82) is 0 Å². The van der Waals surface area contributed by atoms with Crippen LogP contribution in [0.5, 0.6) is 5.75 Å². The summed E-state index contributed by atoms with van der Waals surface area (Å²) in [5, 5.41) is 0. The summed E-state index contributed by atoms with van der Waals surface area (Å²) in [6, 6.07) is 10.9. The number of oxazole rings is 1. The number of benzene rings is 2. The Hall–Kier alpha value is -2.47. The Bertz CT molecular complexity index is 934. The van der Waals surface area contributed by atoms with Gasteiger partial charge in [-0.1, -0.05) is 12.1 Å². The van der Waals surface area contributed by atoms with Gasteiger partial charge < -0.3 is 14.9 Å². The van der Waals surface area contributed by atoms with E-state index in [4.69, 9.17) is 10.2 Å². The molecule has 0 saturated heterocycles. The van der Waals surface area contributed by atoms with Gasteiger partial charge in [0, 0.05) is 17.2 Å². The van der Waals surface area contributed by atoms with Crippen LogP contribution in [0.25, 0.3) is 22.6 Å². The lowest BCUT2D eigenvalue weighted by molar-refractivity contribution is -0.159. The van der Waals surface area contributed by atoms with Gasteiger partial charge in [0.25, 0.3) is 0 Å². The Morgan fingerprint density at radius 1 is 1.24 bits per heavy atom. The second kappa shape index (κ2) is 5.81. The zero-order valence-corrected chi connectivity index (χ0v) is 13.8. The first-order chi connectivity index (χ1) is 11.9. The van der Waals surface area contributed by atoms with Crippen LogP contribution in [0.3, 0.4) is 0 Å². The molecular weight excluding hydrogens is 326 g/mol. The van der Waals surface area contributed by atoms with Crippen LogP contribution in [0.4, 0.5) is 8.78 Å². The topological polar surface area (TPSA) is 61.3 Å². The van der Waals surface area contributed by atoms with E-state index >= 15 is 0 Å². The minimum absolute atomic E-state index is 0.146. The average Bonchev–Trinajstić information content (AvgIpc) is 3.10. The summed E-state index contributed by atoms with van der Waals surface area (Å²) in [6.07, 6.45) is -1.78. The van der Waals surface area contributed by atoms with Gasteiger partial charge in [-0.25, -0.2) is 4.98 Å². The van der Waals surface area contributed by atoms with Gasteiger partial charge in [-0.15, -0.1) is 0 Å². The van der Waals surface area contributed by atoms with Crippen LogP contribution in [0.2, 0.25) is 0 Å². The lowest BCUT2D eigenvalue weighted by atomic mass is 10.1. The molecular formula is C19H18F2N2O2. The molecule has 4 rings (SSSR count). The molecule has 0 radical (unpaired) electrons. The number of halogens is 2. The summed E-state index contributed by atoms with van der Waals surface area (Å²) in [4.78, 5) is 4.49. The van der Waals surface area contributed by atoms with Gasteiger partial charge in [0.15, 0.2) is 5.58 Å². The molecule has 2 N–H and O–H groups in total. The maximum atomic E-state index is 13.3. The molecule has 25 heavy (non-hydrogen) atoms. The molecule has 0 amide bonds. The highest BCUT2D eigenvalue weighted by atomic mass is 19.3. The Balaban J connectivity index is 1.64. The fourth-order valence-corrected chi connectivity index (χ4v) is 2.99. The minimum Gasteiger partial charge on any atom is -0.436 e. The first-order valence-corrected chi connectivity index (χ1v) is 8.25. The molecule has 0 fully saturated rings. The third-order valence-corrected chi connectivity index (χ3v) is 4.31. The standard InChI is InChI=1S/C19H18F2N2O2/c1-11(22)2-3-12-4-7-16-15(8-12)23-18(24-16)13-5-6-14-10-19(20,21)25-17(14)9-13/h4-9,11H,2-3,10,22H2,1H3/t11-/m0/s1. The number of hydrogen-bond donors (Lipinski definition) is 1. The predicted molar refractivity (Wildman–Crippen MR) is 90.7 cm³/mol. The Labute approximate surface area is 143 Å². The molecule has 1 aromatic heterocycles. The van der Waals surface area contributed by atoms with E-state index < -0.39 is 12.5 Å². The maximum Gasteiger partial charge on any atom is 0.402 e. The molecule has 0 spiro atoms. The molecule has 0 bridgehead atoms. The van der Waals surface area contributed by atoms with Gasteiger partial charge in [0.1, 0.15) is 11.3 Å². The average molecular weight is 344 g/mol. The van der Waals surface area contributed by atoms with E-state index in [1.165, 1.54) is 0 Å². The van der Waals surface area contributed by atoms with Crippen LogP contribution in [0, 0.1) is 0 Å². The summed E-state index contributed by atoms with van der Waals surface area (Å²) >= 11 is 0. The summed E-state index contributed by atoms with van der Waals surface area (Å²) < 4.78 is 37.1. The van der Waals surface area contributed by atoms with Gasteiger partial charge >= 0.3 is 6.11 Å². The highest BCUT2D eigenvalue weighted by Gasteiger charge is 2.39. The van der Waals surface area contributed by atoms with Crippen molar-refractivity contribution in [2.45, 2.75) is 38.3 Å². The smallest absolute Gasteiger partial charge is 0.402 e. The van der Waals surface area contributed by atoms with E-state index in [1.54, 1.807) is 18.2 Å². The summed E-state index contributed by atoms with van der Waals surface area (Å²) in [5.74, 6) is 0.573. The van der Waals surface area contributed by atoms with Gasteiger partial charge in [-0.05, 0) is 49.6 Å². The van der Waals surface area contributed by atoms with Crippen LogP contribution >= 0.6 is 0 Å². The summed E-state index contributed by atoms with van der Waals surface area (Å²) in [5.41, 5.74) is 9.44. The van der Waals surface area contributed by atoms with Crippen LogP contribution < -0.4 is 10.5 Å². The fraction of sp³-hybridized carbons (Fsp3) is 0.316. The molecule has 1 aliphatic rings. The lowest BCUT2D eigenvalue weighted by Gasteiger charge is -2.07. The number of aromatic nitrogens is 1. The Morgan fingerprint density at radius 3 is 2.88 bits per heavy atom. The fourth-order valence-electron chi connectivity index (χ4n) is 2.99. The number of rotatable bonds is 4. The van der Waals surface area contributed by atoms with Crippen molar-refractivity contribution in [3.63, 3.8) is 0 Å². The number of nitrogens with zero attached hydrogens (tertiary/aromatic N) is 1. The SMILES string of the molecule is C[C@H](N)CCc1ccc2oc(-c3ccc4c(c3)OC(F)(F)C4)nc2c1. The third kappa shape index (κ3) is 3.22. The highest BCUT2D eigenvalue weighted by molar-refractivity contribution is 5.77. The quantitative estimate of drug-likeness (QED) is 0.766. The van der Waals surface area contributed by atoms with E-state index in [9.17, 15) is 8.78 Å². The zero-order valence-electron chi connectivity index (χ0n) is 13.8. The monoisotopic (exact) mass is 344 g/mol. The van der Waals surface area contributed by atoms with Crippen molar-refractivity contribution in [2.75, 3.05) is 0 Å². The summed E-state index contributed by atoms with van der Waals surface area (Å²) in [6.45, 7) is 1.98. The molecule has 1 atom stereocenters. The number of fused-ring (bicyclic) bond motifs is 2. The molecule has 4 nitrogen and oxygen atoms in total. The highest BCUT2D eigenvalue weighted by Crippen LogP contribution is 2.39. The lowest BCUT2D eigenvalue weighted by Crippen LogP contribution is -2.20. The van der Waals surface area contributed by atoms with E-state index in [1.807, 2.05) is 25.1 Å². The molecule has 0 unspecified atom stereocenters. The zero-order chi connectivity index (χ0) is 17.6. The molecule has 2 aromatic carbocycles. The number of hydrogen-bond acceptors (Lipinski definition) is 4. The molecule has 1 aliphatic heterocycles. The van der Waals surface area contributed by atoms with Crippen LogP contribution in [0.1, 0.15) is 24.5 Å². The molecule has 0 aliphatic carbocycles. The molecule has 3 aromatic rings. The van der Waals surface area contributed by atoms with Crippen molar-refractivity contribution in [3.05, 3.63) is 47.5 Å². The Kier molecular flexibility index (Phi) is 3.72. The van der Waals surface area contributed by atoms with Gasteiger partial charge in [0.2, 0.25) is 5.89 Å². The Morgan fingerprint density at radius 2 is 2.08 bits per heavy atom. The van der Waals surface area contributed by atoms with E-state index in [0.717, 1.165) is 23.9 Å². The van der Waals surface area contributed by atoms with Gasteiger partial charge in [0.05, 0.1) is 6.42 Å². The molecule has 0 saturated carbocycles. The largest absolute Gasteiger partial charge is 0.436 e. The van der Waals surface area contributed by atoms with E-state index in [0.29, 0.717) is 22.6 Å². The maximum absolute atomic E-state index is 13.3. The van der Waals surface area contributed by atoms with Crippen LogP contribution in [0.15, 0.2) is 40.8 Å². The van der Waals surface area contributed by atoms with Crippen molar-refractivity contribution < 1.29 is 17.9 Å². The first-order valence-electron chi connectivity index (χ1n) is 8.25. The van der Waals surface area contributed by atoms with Crippen LogP contribution in [-0.2, 0) is 12.8 Å². The van der Waals surface area contributed by atoms with Crippen molar-refractivity contribution in [2.24, 2.45) is 5.73 Å². The van der Waals surface area contributed by atoms with Crippen molar-refractivity contribution in [3.8, 4) is 17.2 Å². The molecule has 130 valence electrons. The predicted octanol–water partition coefficient (Wildman–Crippen LogP) is 4.30. The minimum atomic E-state index is -3.14. The number of ether oxygens (including phenoxy) is 1. The van der Waals surface area contributed by atoms with Gasteiger partial charge in [-0.3, -0.25) is 0 Å². The third-order valence-electron chi connectivity index (χ3n) is 4.31. The van der Waals surface area contributed by atoms with Crippen molar-refractivity contribution in [1.82, 2.24) is 4.98 Å². The first kappa shape index (κ1) is 16.0. The molecule has 6 heteroatoms. The van der Waals surface area contributed by atoms with Crippen LogP contribution in [-0.4, -0.2) is 17.1 Å². The van der Waals surface area contributed by atoms with E-state index in [2.05, 4.69) is 9.72 Å². The van der Waals surface area contributed by atoms with Gasteiger partial charge in [-0.2, -0.15) is 8.78 Å². The summed E-state index contributed by atoms with van der Waals surface area (Å²) in [7, 11) is 0. The second-order valence-electron chi connectivity index (χ2n) is 6.58. The van der Waals surface area contributed by atoms with E-state index in [-0.39, 0.29) is 11.8 Å². The van der Waals surface area contributed by atoms with Crippen molar-refractivity contribution >= 4 is 11.1 Å².